The van der Waals surface area contributed by atoms with E-state index in [4.69, 9.17) is 17.6 Å². The van der Waals surface area contributed by atoms with Gasteiger partial charge < -0.3 is 4.74 Å². The van der Waals surface area contributed by atoms with E-state index >= 15 is 0 Å². The van der Waals surface area contributed by atoms with Gasteiger partial charge in [-0.2, -0.15) is 0 Å². The number of terminal acetylenes is 2. The van der Waals surface area contributed by atoms with Gasteiger partial charge in [-0.1, -0.05) is 23.5 Å². The highest BCUT2D eigenvalue weighted by molar-refractivity contribution is 8.04. The smallest absolute Gasteiger partial charge is 0.0566 e. The Kier molecular flexibility index (Phi) is 9.58. The summed E-state index contributed by atoms with van der Waals surface area (Å²) >= 11 is 2.86. The predicted octanol–water partition coefficient (Wildman–Crippen LogP) is 1.65. The molecule has 0 unspecified atom stereocenters. The van der Waals surface area contributed by atoms with Crippen LogP contribution in [-0.2, 0) is 4.74 Å². The van der Waals surface area contributed by atoms with Crippen molar-refractivity contribution < 1.29 is 4.74 Å². The normalized spacial score (nSPS) is 8.55. The minimum absolute atomic E-state index is 0.708. The van der Waals surface area contributed by atoms with Gasteiger partial charge in [0, 0.05) is 11.5 Å². The maximum absolute atomic E-state index is 5.20. The van der Waals surface area contributed by atoms with Gasteiger partial charge in [-0.05, 0) is 10.5 Å². The topological polar surface area (TPSA) is 9.23 Å². The third kappa shape index (κ3) is 9.78. The highest BCUT2D eigenvalue weighted by atomic mass is 32.2. The second-order valence-electron chi connectivity index (χ2n) is 1.54. The molecule has 0 rings (SSSR count). The first-order valence-corrected chi connectivity index (χ1v) is 5.11. The van der Waals surface area contributed by atoms with Crippen LogP contribution in [0.2, 0.25) is 0 Å². The van der Waals surface area contributed by atoms with Gasteiger partial charge in [0.2, 0.25) is 0 Å². The van der Waals surface area contributed by atoms with Crippen molar-refractivity contribution in [1.82, 2.24) is 0 Å². The van der Waals surface area contributed by atoms with Crippen molar-refractivity contribution in [3.63, 3.8) is 0 Å². The van der Waals surface area contributed by atoms with Gasteiger partial charge >= 0.3 is 0 Å². The van der Waals surface area contributed by atoms with Gasteiger partial charge in [-0.25, -0.2) is 0 Å². The van der Waals surface area contributed by atoms with Crippen LogP contribution in [0.4, 0.5) is 0 Å². The van der Waals surface area contributed by atoms with Gasteiger partial charge in [0.15, 0.2) is 0 Å². The first kappa shape index (κ1) is 10.8. The van der Waals surface area contributed by atoms with Gasteiger partial charge in [0.25, 0.3) is 0 Å². The lowest BCUT2D eigenvalue weighted by molar-refractivity contribution is 0.167. The molecule has 0 aliphatic carbocycles. The van der Waals surface area contributed by atoms with Crippen molar-refractivity contribution in [2.45, 2.75) is 0 Å². The van der Waals surface area contributed by atoms with Crippen LogP contribution in [-0.4, -0.2) is 24.7 Å². The first-order valence-electron chi connectivity index (χ1n) is 3.14. The Morgan fingerprint density at radius 3 is 1.82 bits per heavy atom. The molecule has 0 aromatic heterocycles. The monoisotopic (exact) mass is 186 g/mol. The van der Waals surface area contributed by atoms with E-state index in [1.54, 1.807) is 0 Å². The second kappa shape index (κ2) is 9.78. The number of hydrogen-bond donors (Lipinski definition) is 0. The molecule has 0 N–H and O–H groups in total. The molecule has 0 spiro atoms. The lowest BCUT2D eigenvalue weighted by Crippen LogP contribution is -2.00. The SMILES string of the molecule is C#CSCCOCCSC#C. The summed E-state index contributed by atoms with van der Waals surface area (Å²) in [6, 6.07) is 0. The highest BCUT2D eigenvalue weighted by Gasteiger charge is 1.87. The van der Waals surface area contributed by atoms with Crippen molar-refractivity contribution >= 4 is 23.5 Å². The Morgan fingerprint density at radius 2 is 1.45 bits per heavy atom. The summed E-state index contributed by atoms with van der Waals surface area (Å²) < 4.78 is 5.20. The van der Waals surface area contributed by atoms with Gasteiger partial charge in [0.05, 0.1) is 13.2 Å². The lowest BCUT2D eigenvalue weighted by Gasteiger charge is -1.98. The molecule has 0 fully saturated rings. The molecule has 0 radical (unpaired) electrons. The lowest BCUT2D eigenvalue weighted by atomic mass is 10.8. The number of rotatable bonds is 6. The van der Waals surface area contributed by atoms with E-state index in [0.29, 0.717) is 13.2 Å². The van der Waals surface area contributed by atoms with Crippen LogP contribution in [0.3, 0.4) is 0 Å². The van der Waals surface area contributed by atoms with Crippen LogP contribution in [0.1, 0.15) is 0 Å². The summed E-state index contributed by atoms with van der Waals surface area (Å²) in [5.74, 6) is 1.72. The standard InChI is InChI=1S/C8H10OS2/c1-3-10-7-5-9-6-8-11-4-2/h1-2H,5-8H2. The molecule has 11 heavy (non-hydrogen) atoms. The molecule has 0 saturated heterocycles. The molecule has 3 heteroatoms. The molecule has 0 bridgehead atoms. The van der Waals surface area contributed by atoms with Crippen molar-refractivity contribution in [3.05, 3.63) is 0 Å². The minimum atomic E-state index is 0.708. The average molecular weight is 186 g/mol. The van der Waals surface area contributed by atoms with E-state index in [1.807, 2.05) is 0 Å². The van der Waals surface area contributed by atoms with E-state index in [2.05, 4.69) is 10.5 Å². The van der Waals surface area contributed by atoms with Crippen LogP contribution in [0, 0.1) is 23.4 Å². The summed E-state index contributed by atoms with van der Waals surface area (Å²) in [5, 5.41) is 4.94. The fourth-order valence-electron chi connectivity index (χ4n) is 0.421. The predicted molar refractivity (Wildman–Crippen MR) is 53.4 cm³/mol. The first-order chi connectivity index (χ1) is 5.41. The van der Waals surface area contributed by atoms with Crippen LogP contribution in [0.5, 0.6) is 0 Å². The van der Waals surface area contributed by atoms with Crippen molar-refractivity contribution in [3.8, 4) is 23.4 Å². The molecular formula is C8H10OS2. The van der Waals surface area contributed by atoms with Crippen LogP contribution >= 0.6 is 23.5 Å². The van der Waals surface area contributed by atoms with Gasteiger partial charge in [0.1, 0.15) is 0 Å². The zero-order valence-electron chi connectivity index (χ0n) is 6.21. The van der Waals surface area contributed by atoms with E-state index in [9.17, 15) is 0 Å². The van der Waals surface area contributed by atoms with E-state index in [-0.39, 0.29) is 0 Å². The fourth-order valence-corrected chi connectivity index (χ4v) is 1.06. The summed E-state index contributed by atoms with van der Waals surface area (Å²) in [6.07, 6.45) is 10.0. The van der Waals surface area contributed by atoms with Crippen LogP contribution < -0.4 is 0 Å². The summed E-state index contributed by atoms with van der Waals surface area (Å²) in [6.45, 7) is 1.42. The van der Waals surface area contributed by atoms with Crippen LogP contribution in [0.15, 0.2) is 0 Å². The van der Waals surface area contributed by atoms with E-state index < -0.39 is 0 Å². The molecule has 0 amide bonds. The quantitative estimate of drug-likeness (QED) is 0.461. The molecule has 0 aromatic carbocycles. The third-order valence-corrected chi connectivity index (χ3v) is 1.90. The second-order valence-corrected chi connectivity index (χ2v) is 3.41. The summed E-state index contributed by atoms with van der Waals surface area (Å²) in [7, 11) is 0. The Morgan fingerprint density at radius 1 is 1.00 bits per heavy atom. The Labute approximate surface area is 76.7 Å². The minimum Gasteiger partial charge on any atom is -0.380 e. The molecule has 0 aliphatic heterocycles. The van der Waals surface area contributed by atoms with Crippen molar-refractivity contribution in [2.24, 2.45) is 0 Å². The molecule has 0 heterocycles. The number of hydrogen-bond acceptors (Lipinski definition) is 3. The summed E-state index contributed by atoms with van der Waals surface area (Å²) in [4.78, 5) is 0. The van der Waals surface area contributed by atoms with Crippen molar-refractivity contribution in [1.29, 1.82) is 0 Å². The van der Waals surface area contributed by atoms with Gasteiger partial charge in [-0.15, -0.1) is 12.8 Å². The zero-order valence-corrected chi connectivity index (χ0v) is 7.84. The third-order valence-electron chi connectivity index (χ3n) is 0.826. The number of thioether (sulfide) groups is 2. The fraction of sp³-hybridized carbons (Fsp3) is 0.500. The van der Waals surface area contributed by atoms with E-state index in [0.717, 1.165) is 11.5 Å². The highest BCUT2D eigenvalue weighted by Crippen LogP contribution is 1.97. The molecule has 60 valence electrons. The van der Waals surface area contributed by atoms with Crippen molar-refractivity contribution in [2.75, 3.05) is 24.7 Å². The molecule has 0 aliphatic rings. The van der Waals surface area contributed by atoms with E-state index in [1.165, 1.54) is 23.5 Å². The molecule has 1 nitrogen and oxygen atoms in total. The largest absolute Gasteiger partial charge is 0.380 e. The maximum Gasteiger partial charge on any atom is 0.0566 e. The summed E-state index contributed by atoms with van der Waals surface area (Å²) in [5.41, 5.74) is 0. The van der Waals surface area contributed by atoms with Gasteiger partial charge in [-0.3, -0.25) is 0 Å². The maximum atomic E-state index is 5.20. The Bertz CT molecular complexity index is 136. The average Bonchev–Trinajstić information content (AvgIpc) is 2.03. The molecular weight excluding hydrogens is 176 g/mol. The Balaban J connectivity index is 2.82. The zero-order chi connectivity index (χ0) is 8.36. The number of ether oxygens (including phenoxy) is 1. The van der Waals surface area contributed by atoms with Crippen LogP contribution in [0.25, 0.3) is 0 Å². The molecule has 0 atom stereocenters. The molecule has 0 saturated carbocycles. The molecule has 0 aromatic rings. The Hall–Kier alpha value is -0.220.